The Morgan fingerprint density at radius 2 is 1.11 bits per heavy atom. The highest BCUT2D eigenvalue weighted by Crippen LogP contribution is 2.39. The highest BCUT2D eigenvalue weighted by molar-refractivity contribution is 6.11. The van der Waals surface area contributed by atoms with E-state index in [0.717, 1.165) is 16.8 Å². The molecule has 47 heavy (non-hydrogen) atoms. The molecule has 9 aromatic rings. The summed E-state index contributed by atoms with van der Waals surface area (Å²) in [5, 5.41) is 1.46. The van der Waals surface area contributed by atoms with E-state index in [9.17, 15) is 0 Å². The van der Waals surface area contributed by atoms with Crippen LogP contribution in [-0.2, 0) is 0 Å². The zero-order valence-electron chi connectivity index (χ0n) is 40.1. The molecule has 4 heteroatoms. The molecule has 220 valence electrons. The monoisotopic (exact) mass is 617 g/mol. The van der Waals surface area contributed by atoms with Crippen LogP contribution in [0, 0.1) is 0 Å². The smallest absolute Gasteiger partial charge is 0.164 e. The number of hydrogen-bond acceptors (Lipinski definition) is 4. The van der Waals surface area contributed by atoms with Crippen molar-refractivity contribution in [3.05, 3.63) is 163 Å². The average Bonchev–Trinajstić information content (AvgIpc) is 3.68. The second-order valence-corrected chi connectivity index (χ2v) is 10.4. The van der Waals surface area contributed by atoms with Crippen LogP contribution in [0.3, 0.4) is 0 Å². The average molecular weight is 618 g/mol. The standard InChI is InChI=1S/C43H27N3O/c1-3-13-29(14-4-1)34-25-24-33(27-37(34)32-23-22-28-12-7-8-17-31(28)26-32)42-44-41(30-15-5-2-6-16-30)45-43(46-42)36-19-11-21-39-40(36)35-18-9-10-20-38(35)47-39/h1-27H/i1D,2D,3D,4D,5D,6D,9D,10D,13D,14D,15D,16D,18D,19D,20D,21D. The lowest BCUT2D eigenvalue weighted by molar-refractivity contribution is 0.669. The molecule has 0 unspecified atom stereocenters. The SMILES string of the molecule is [2H]c1cc([2H])c2oc3c([2H])c([2H])c([2H])c([2H])c3c2c1-c1nc(-c2ccc(-c3c([2H])c([2H])c([2H])c([2H])c3[2H])c(-c3ccc4ccccc4c3)c2)nc(-c2c([2H])c([2H])c([2H])c([2H])c2[2H])n1. The van der Waals surface area contributed by atoms with Crippen molar-refractivity contribution >= 4 is 32.7 Å². The normalized spacial score (nSPS) is 16.2. The summed E-state index contributed by atoms with van der Waals surface area (Å²) in [6, 6.07) is 9.95. The van der Waals surface area contributed by atoms with Crippen LogP contribution in [0.4, 0.5) is 0 Å². The van der Waals surface area contributed by atoms with Gasteiger partial charge in [0.15, 0.2) is 17.5 Å². The van der Waals surface area contributed by atoms with Gasteiger partial charge in [-0.1, -0.05) is 139 Å². The van der Waals surface area contributed by atoms with Gasteiger partial charge in [0.05, 0.1) is 21.9 Å². The first kappa shape index (κ1) is 15.3. The molecular formula is C43H27N3O. The maximum absolute atomic E-state index is 9.13. The number of aromatic nitrogens is 3. The van der Waals surface area contributed by atoms with E-state index in [1.54, 1.807) is 12.1 Å². The molecule has 0 saturated heterocycles. The first-order chi connectivity index (χ1) is 29.9. The first-order valence-electron chi connectivity index (χ1n) is 22.4. The lowest BCUT2D eigenvalue weighted by atomic mass is 9.91. The molecule has 9 rings (SSSR count). The minimum atomic E-state index is -0.685. The summed E-state index contributed by atoms with van der Waals surface area (Å²) in [7, 11) is 0. The topological polar surface area (TPSA) is 51.8 Å². The van der Waals surface area contributed by atoms with Gasteiger partial charge >= 0.3 is 0 Å². The molecule has 0 aliphatic heterocycles. The summed E-state index contributed by atoms with van der Waals surface area (Å²) >= 11 is 0. The minimum Gasteiger partial charge on any atom is -0.456 e. The van der Waals surface area contributed by atoms with Gasteiger partial charge in [-0.3, -0.25) is 0 Å². The Kier molecular flexibility index (Phi) is 3.64. The minimum absolute atomic E-state index is 0.0833. The molecule has 0 spiro atoms. The fraction of sp³-hybridized carbons (Fsp3) is 0. The van der Waals surface area contributed by atoms with E-state index < -0.39 is 96.0 Å². The molecule has 0 atom stereocenters. The molecule has 0 saturated carbocycles. The molecule has 0 fully saturated rings. The number of furan rings is 1. The van der Waals surface area contributed by atoms with Crippen molar-refractivity contribution in [1.82, 2.24) is 15.0 Å². The van der Waals surface area contributed by atoms with Gasteiger partial charge in [-0.05, 0) is 57.2 Å². The van der Waals surface area contributed by atoms with E-state index in [1.807, 2.05) is 36.4 Å². The predicted molar refractivity (Wildman–Crippen MR) is 192 cm³/mol. The van der Waals surface area contributed by atoms with Crippen molar-refractivity contribution in [2.75, 3.05) is 0 Å². The molecule has 0 aliphatic carbocycles. The molecule has 2 heterocycles. The molecule has 0 amide bonds. The third-order valence-corrected chi connectivity index (χ3v) is 7.69. The number of hydrogen-bond donors (Lipinski definition) is 0. The van der Waals surface area contributed by atoms with Gasteiger partial charge in [0.2, 0.25) is 0 Å². The van der Waals surface area contributed by atoms with Crippen LogP contribution in [0.15, 0.2) is 168 Å². The van der Waals surface area contributed by atoms with Crippen molar-refractivity contribution in [2.24, 2.45) is 0 Å². The van der Waals surface area contributed by atoms with Crippen LogP contribution < -0.4 is 0 Å². The highest BCUT2D eigenvalue weighted by atomic mass is 16.3. The molecular weight excluding hydrogens is 574 g/mol. The maximum atomic E-state index is 9.13. The molecule has 7 aromatic carbocycles. The van der Waals surface area contributed by atoms with Crippen molar-refractivity contribution in [2.45, 2.75) is 0 Å². The fourth-order valence-corrected chi connectivity index (χ4v) is 5.55. The van der Waals surface area contributed by atoms with Crippen LogP contribution in [0.1, 0.15) is 21.9 Å². The Balaban J connectivity index is 1.40. The van der Waals surface area contributed by atoms with E-state index in [4.69, 9.17) is 31.3 Å². The number of fused-ring (bicyclic) bond motifs is 4. The van der Waals surface area contributed by atoms with Gasteiger partial charge in [0, 0.05) is 27.5 Å². The van der Waals surface area contributed by atoms with Crippen molar-refractivity contribution in [1.29, 1.82) is 0 Å². The summed E-state index contributed by atoms with van der Waals surface area (Å²) in [5.41, 5.74) is 0.231. The molecule has 4 nitrogen and oxygen atoms in total. The maximum Gasteiger partial charge on any atom is 0.164 e. The second kappa shape index (κ2) is 11.2. The van der Waals surface area contributed by atoms with Crippen LogP contribution in [0.2, 0.25) is 0 Å². The Morgan fingerprint density at radius 3 is 1.94 bits per heavy atom. The molecule has 0 radical (unpaired) electrons. The second-order valence-electron chi connectivity index (χ2n) is 10.4. The van der Waals surface area contributed by atoms with E-state index in [2.05, 4.69) is 9.97 Å². The molecule has 0 bridgehead atoms. The Morgan fingerprint density at radius 1 is 0.426 bits per heavy atom. The fourth-order valence-electron chi connectivity index (χ4n) is 5.55. The lowest BCUT2D eigenvalue weighted by Gasteiger charge is -2.14. The third-order valence-electron chi connectivity index (χ3n) is 7.69. The third kappa shape index (κ3) is 4.84. The predicted octanol–water partition coefficient (Wildman–Crippen LogP) is 11.3. The molecule has 2 aromatic heterocycles. The first-order valence-corrected chi connectivity index (χ1v) is 14.4. The van der Waals surface area contributed by atoms with E-state index in [1.165, 1.54) is 12.1 Å². The quantitative estimate of drug-likeness (QED) is 0.193. The van der Waals surface area contributed by atoms with Gasteiger partial charge in [-0.25, -0.2) is 15.0 Å². The summed E-state index contributed by atoms with van der Waals surface area (Å²) in [6.07, 6.45) is 0. The zero-order chi connectivity index (χ0) is 45.1. The summed E-state index contributed by atoms with van der Waals surface area (Å²) in [6.45, 7) is 0. The van der Waals surface area contributed by atoms with Crippen molar-refractivity contribution in [3.8, 4) is 56.4 Å². The number of benzene rings is 7. The highest BCUT2D eigenvalue weighted by Gasteiger charge is 2.19. The van der Waals surface area contributed by atoms with E-state index >= 15 is 0 Å². The van der Waals surface area contributed by atoms with Gasteiger partial charge < -0.3 is 4.42 Å². The van der Waals surface area contributed by atoms with Crippen LogP contribution >= 0.6 is 0 Å². The van der Waals surface area contributed by atoms with Crippen LogP contribution in [-0.4, -0.2) is 15.0 Å². The van der Waals surface area contributed by atoms with Crippen LogP contribution in [0.5, 0.6) is 0 Å². The summed E-state index contributed by atoms with van der Waals surface area (Å²) in [5.74, 6) is -0.936. The zero-order valence-corrected chi connectivity index (χ0v) is 24.1. The van der Waals surface area contributed by atoms with Gasteiger partial charge in [0.25, 0.3) is 0 Å². The largest absolute Gasteiger partial charge is 0.456 e. The van der Waals surface area contributed by atoms with E-state index in [0.29, 0.717) is 11.1 Å². The number of para-hydroxylation sites is 1. The summed E-state index contributed by atoms with van der Waals surface area (Å²) < 4.78 is 143. The van der Waals surface area contributed by atoms with Crippen molar-refractivity contribution < 1.29 is 26.3 Å². The molecule has 0 aliphatic rings. The Bertz CT molecular complexity index is 3440. The van der Waals surface area contributed by atoms with Crippen molar-refractivity contribution in [3.63, 3.8) is 0 Å². The Hall–Kier alpha value is -6.39. The summed E-state index contributed by atoms with van der Waals surface area (Å²) in [4.78, 5) is 14.0. The lowest BCUT2D eigenvalue weighted by Crippen LogP contribution is -2.01. The van der Waals surface area contributed by atoms with Gasteiger partial charge in [0.1, 0.15) is 11.2 Å². The van der Waals surface area contributed by atoms with Gasteiger partial charge in [-0.2, -0.15) is 0 Å². The Labute approximate surface area is 294 Å². The molecule has 0 N–H and O–H groups in total. The van der Waals surface area contributed by atoms with Gasteiger partial charge in [-0.15, -0.1) is 0 Å². The van der Waals surface area contributed by atoms with E-state index in [-0.39, 0.29) is 67.9 Å². The number of rotatable bonds is 5. The van der Waals surface area contributed by atoms with Crippen LogP contribution in [0.25, 0.3) is 89.1 Å². The number of nitrogens with zero attached hydrogens (tertiary/aromatic N) is 3.